The molecule has 1 saturated heterocycles. The van der Waals surface area contributed by atoms with Crippen LogP contribution in [0.4, 0.5) is 0 Å². The van der Waals surface area contributed by atoms with E-state index < -0.39 is 0 Å². The third-order valence-corrected chi connectivity index (χ3v) is 5.48. The van der Waals surface area contributed by atoms with Crippen LogP contribution in [0.3, 0.4) is 0 Å². The Morgan fingerprint density at radius 3 is 2.84 bits per heavy atom. The van der Waals surface area contributed by atoms with Gasteiger partial charge in [0, 0.05) is 34.2 Å². The van der Waals surface area contributed by atoms with Crippen molar-refractivity contribution in [3.8, 4) is 0 Å². The second kappa shape index (κ2) is 6.49. The Morgan fingerprint density at radius 2 is 2.16 bits per heavy atom. The predicted octanol–water partition coefficient (Wildman–Crippen LogP) is 4.00. The summed E-state index contributed by atoms with van der Waals surface area (Å²) in [4.78, 5) is 14.6. The summed E-state index contributed by atoms with van der Waals surface area (Å²) in [6.45, 7) is 5.76. The molecule has 104 valence electrons. The summed E-state index contributed by atoms with van der Waals surface area (Å²) in [5, 5.41) is 1.55. The van der Waals surface area contributed by atoms with Crippen molar-refractivity contribution in [1.29, 1.82) is 0 Å². The maximum atomic E-state index is 12.3. The molecule has 1 aliphatic rings. The Bertz CT molecular complexity index is 481. The molecule has 1 aromatic carbocycles. The van der Waals surface area contributed by atoms with E-state index in [0.29, 0.717) is 33.4 Å². The first-order valence-corrected chi connectivity index (χ1v) is 8.13. The number of carbonyl (C=O) groups excluding carboxylic acids is 1. The van der Waals surface area contributed by atoms with Gasteiger partial charge in [-0.3, -0.25) is 9.69 Å². The lowest BCUT2D eigenvalue weighted by Crippen LogP contribution is -2.46. The molecule has 1 fully saturated rings. The molecule has 0 aliphatic carbocycles. The molecule has 2 unspecified atom stereocenters. The van der Waals surface area contributed by atoms with Crippen LogP contribution in [0, 0.1) is 0 Å². The Morgan fingerprint density at radius 1 is 1.42 bits per heavy atom. The Hall–Kier alpha value is -0.220. The second-order valence-corrected chi connectivity index (χ2v) is 7.16. The van der Waals surface area contributed by atoms with E-state index in [-0.39, 0.29) is 5.78 Å². The average Bonchev–Trinajstić information content (AvgIpc) is 2.34. The number of nitrogens with zero attached hydrogens (tertiary/aromatic N) is 1. The first-order valence-electron chi connectivity index (χ1n) is 6.33. The Kier molecular flexibility index (Phi) is 5.18. The first-order chi connectivity index (χ1) is 8.99. The minimum atomic E-state index is 0.0626. The van der Waals surface area contributed by atoms with E-state index >= 15 is 0 Å². The molecule has 2 rings (SSSR count). The van der Waals surface area contributed by atoms with Crippen molar-refractivity contribution in [2.24, 2.45) is 0 Å². The summed E-state index contributed by atoms with van der Waals surface area (Å²) in [6.07, 6.45) is 0. The van der Waals surface area contributed by atoms with Crippen LogP contribution < -0.4 is 0 Å². The van der Waals surface area contributed by atoms with Crippen LogP contribution in [-0.4, -0.2) is 40.8 Å². The number of benzene rings is 1. The molecular formula is C14H17Cl2NOS. The third-order valence-electron chi connectivity index (χ3n) is 3.59. The lowest BCUT2D eigenvalue weighted by molar-refractivity contribution is 0.0902. The highest BCUT2D eigenvalue weighted by molar-refractivity contribution is 8.00. The molecule has 0 spiro atoms. The molecule has 1 heterocycles. The van der Waals surface area contributed by atoms with Crippen LogP contribution in [0.2, 0.25) is 10.0 Å². The molecule has 0 N–H and O–H groups in total. The van der Waals surface area contributed by atoms with Crippen molar-refractivity contribution >= 4 is 40.7 Å². The monoisotopic (exact) mass is 317 g/mol. The number of rotatable bonds is 3. The Labute approximate surface area is 128 Å². The highest BCUT2D eigenvalue weighted by Crippen LogP contribution is 2.26. The van der Waals surface area contributed by atoms with Gasteiger partial charge in [-0.25, -0.2) is 0 Å². The van der Waals surface area contributed by atoms with Crippen LogP contribution in [0.5, 0.6) is 0 Å². The van der Waals surface area contributed by atoms with Crippen molar-refractivity contribution in [2.75, 3.05) is 18.8 Å². The molecule has 2 nitrogen and oxygen atoms in total. The fourth-order valence-corrected chi connectivity index (χ4v) is 3.88. The van der Waals surface area contributed by atoms with E-state index in [9.17, 15) is 4.79 Å². The van der Waals surface area contributed by atoms with Gasteiger partial charge in [0.05, 0.1) is 11.6 Å². The lowest BCUT2D eigenvalue weighted by atomic mass is 10.1. The Balaban J connectivity index is 2.08. The molecule has 1 aromatic rings. The van der Waals surface area contributed by atoms with E-state index in [1.165, 1.54) is 0 Å². The van der Waals surface area contributed by atoms with Gasteiger partial charge in [-0.05, 0) is 25.1 Å². The molecule has 19 heavy (non-hydrogen) atoms. The van der Waals surface area contributed by atoms with Crippen molar-refractivity contribution in [3.05, 3.63) is 33.8 Å². The number of carbonyl (C=O) groups is 1. The number of halogens is 2. The molecule has 5 heteroatoms. The van der Waals surface area contributed by atoms with E-state index in [4.69, 9.17) is 23.2 Å². The van der Waals surface area contributed by atoms with E-state index in [0.717, 1.165) is 12.3 Å². The maximum Gasteiger partial charge on any atom is 0.178 e. The van der Waals surface area contributed by atoms with Gasteiger partial charge in [-0.2, -0.15) is 11.8 Å². The third kappa shape index (κ3) is 3.66. The lowest BCUT2D eigenvalue weighted by Gasteiger charge is -2.37. The van der Waals surface area contributed by atoms with Gasteiger partial charge in [-0.15, -0.1) is 0 Å². The van der Waals surface area contributed by atoms with Gasteiger partial charge in [-0.1, -0.05) is 30.1 Å². The smallest absolute Gasteiger partial charge is 0.178 e. The van der Waals surface area contributed by atoms with Crippen molar-refractivity contribution in [2.45, 2.75) is 25.1 Å². The zero-order valence-corrected chi connectivity index (χ0v) is 13.4. The van der Waals surface area contributed by atoms with Gasteiger partial charge in [0.2, 0.25) is 0 Å². The molecule has 0 radical (unpaired) electrons. The predicted molar refractivity (Wildman–Crippen MR) is 83.7 cm³/mol. The molecule has 0 amide bonds. The average molecular weight is 318 g/mol. The van der Waals surface area contributed by atoms with E-state index in [1.807, 2.05) is 11.8 Å². The SMILES string of the molecule is CC1SCCN(CC(=O)c2ccc(Cl)cc2Cl)C1C. The zero-order chi connectivity index (χ0) is 14.0. The van der Waals surface area contributed by atoms with Gasteiger partial charge in [0.25, 0.3) is 0 Å². The number of Topliss-reactive ketones (excluding diaryl/α,β-unsaturated/α-hetero) is 1. The van der Waals surface area contributed by atoms with Crippen LogP contribution in [-0.2, 0) is 0 Å². The van der Waals surface area contributed by atoms with Gasteiger partial charge < -0.3 is 0 Å². The van der Waals surface area contributed by atoms with Crippen molar-refractivity contribution in [1.82, 2.24) is 4.90 Å². The van der Waals surface area contributed by atoms with Crippen LogP contribution in [0.15, 0.2) is 18.2 Å². The first kappa shape index (κ1) is 15.2. The zero-order valence-electron chi connectivity index (χ0n) is 11.0. The minimum absolute atomic E-state index is 0.0626. The fourth-order valence-electron chi connectivity index (χ4n) is 2.20. The highest BCUT2D eigenvalue weighted by atomic mass is 35.5. The maximum absolute atomic E-state index is 12.3. The summed E-state index contributed by atoms with van der Waals surface area (Å²) < 4.78 is 0. The van der Waals surface area contributed by atoms with Crippen molar-refractivity contribution < 1.29 is 4.79 Å². The second-order valence-electron chi connectivity index (χ2n) is 4.83. The standard InChI is InChI=1S/C14H17Cl2NOS/c1-9-10(2)19-6-5-17(9)8-14(18)12-4-3-11(15)7-13(12)16/h3-4,7,9-10H,5-6,8H2,1-2H3. The van der Waals surface area contributed by atoms with E-state index in [2.05, 4.69) is 18.7 Å². The molecule has 2 atom stereocenters. The molecule has 1 aliphatic heterocycles. The number of ketones is 1. The fraction of sp³-hybridized carbons (Fsp3) is 0.500. The topological polar surface area (TPSA) is 20.3 Å². The van der Waals surface area contributed by atoms with E-state index in [1.54, 1.807) is 18.2 Å². The minimum Gasteiger partial charge on any atom is -0.293 e. The molecule has 0 aromatic heterocycles. The molecule has 0 saturated carbocycles. The summed E-state index contributed by atoms with van der Waals surface area (Å²) in [5.74, 6) is 1.14. The van der Waals surface area contributed by atoms with Crippen molar-refractivity contribution in [3.63, 3.8) is 0 Å². The molecular weight excluding hydrogens is 301 g/mol. The largest absolute Gasteiger partial charge is 0.293 e. The quantitative estimate of drug-likeness (QED) is 0.786. The van der Waals surface area contributed by atoms with Crippen LogP contribution >= 0.6 is 35.0 Å². The van der Waals surface area contributed by atoms with Crippen LogP contribution in [0.25, 0.3) is 0 Å². The van der Waals surface area contributed by atoms with Gasteiger partial charge in [0.1, 0.15) is 0 Å². The summed E-state index contributed by atoms with van der Waals surface area (Å²) in [7, 11) is 0. The van der Waals surface area contributed by atoms with Gasteiger partial charge >= 0.3 is 0 Å². The summed E-state index contributed by atoms with van der Waals surface area (Å²) in [5.41, 5.74) is 0.559. The number of hydrogen-bond donors (Lipinski definition) is 0. The van der Waals surface area contributed by atoms with Gasteiger partial charge in [0.15, 0.2) is 5.78 Å². The number of hydrogen-bond acceptors (Lipinski definition) is 3. The normalized spacial score (nSPS) is 24.4. The summed E-state index contributed by atoms with van der Waals surface area (Å²) in [6, 6.07) is 5.45. The summed E-state index contributed by atoms with van der Waals surface area (Å²) >= 11 is 13.9. The highest BCUT2D eigenvalue weighted by Gasteiger charge is 2.27. The molecule has 0 bridgehead atoms. The number of thioether (sulfide) groups is 1. The van der Waals surface area contributed by atoms with Crippen LogP contribution in [0.1, 0.15) is 24.2 Å².